The first-order chi connectivity index (χ1) is 9.85. The van der Waals surface area contributed by atoms with Crippen LogP contribution in [0.25, 0.3) is 0 Å². The third-order valence-corrected chi connectivity index (χ3v) is 4.13. The molecular weight excluding hydrogens is 264 g/mol. The SMILES string of the molecule is Cc1cccc(N(C)CC(NC(C)C)(C(=O)O)C2CC2)c1. The molecule has 2 N–H and O–H groups in total. The van der Waals surface area contributed by atoms with Gasteiger partial charge in [0, 0.05) is 25.3 Å². The van der Waals surface area contributed by atoms with Crippen LogP contribution in [0, 0.1) is 12.8 Å². The summed E-state index contributed by atoms with van der Waals surface area (Å²) in [6.45, 7) is 6.54. The van der Waals surface area contributed by atoms with E-state index >= 15 is 0 Å². The van der Waals surface area contributed by atoms with Crippen LogP contribution in [0.1, 0.15) is 32.3 Å². The quantitative estimate of drug-likeness (QED) is 0.810. The Balaban J connectivity index is 2.23. The molecule has 0 heterocycles. The standard InChI is InChI=1S/C17H26N2O2/c1-12(2)18-17(16(20)21,14-8-9-14)11-19(4)15-7-5-6-13(3)10-15/h5-7,10,12,14,18H,8-9,11H2,1-4H3,(H,20,21). The molecule has 21 heavy (non-hydrogen) atoms. The Bertz CT molecular complexity index is 511. The summed E-state index contributed by atoms with van der Waals surface area (Å²) in [6, 6.07) is 8.33. The number of hydrogen-bond donors (Lipinski definition) is 2. The summed E-state index contributed by atoms with van der Waals surface area (Å²) in [5, 5.41) is 13.2. The van der Waals surface area contributed by atoms with Crippen LogP contribution in [0.5, 0.6) is 0 Å². The number of aryl methyl sites for hydroxylation is 1. The second kappa shape index (κ2) is 6.06. The molecule has 4 heteroatoms. The van der Waals surface area contributed by atoms with Crippen molar-refractivity contribution in [3.05, 3.63) is 29.8 Å². The van der Waals surface area contributed by atoms with Gasteiger partial charge in [0.15, 0.2) is 0 Å². The lowest BCUT2D eigenvalue weighted by atomic mass is 9.91. The van der Waals surface area contributed by atoms with E-state index < -0.39 is 11.5 Å². The lowest BCUT2D eigenvalue weighted by Gasteiger charge is -2.37. The van der Waals surface area contributed by atoms with Gasteiger partial charge in [0.1, 0.15) is 5.54 Å². The van der Waals surface area contributed by atoms with Gasteiger partial charge in [0.25, 0.3) is 0 Å². The average molecular weight is 290 g/mol. The highest BCUT2D eigenvalue weighted by Gasteiger charge is 2.52. The van der Waals surface area contributed by atoms with E-state index in [0.29, 0.717) is 6.54 Å². The number of rotatable bonds is 7. The number of hydrogen-bond acceptors (Lipinski definition) is 3. The van der Waals surface area contributed by atoms with Crippen LogP contribution in [0.4, 0.5) is 5.69 Å². The Hall–Kier alpha value is -1.55. The number of nitrogens with one attached hydrogen (secondary N) is 1. The van der Waals surface area contributed by atoms with E-state index in [1.54, 1.807) is 0 Å². The van der Waals surface area contributed by atoms with E-state index in [0.717, 1.165) is 18.5 Å². The minimum atomic E-state index is -0.855. The summed E-state index contributed by atoms with van der Waals surface area (Å²) in [6.07, 6.45) is 1.99. The second-order valence-electron chi connectivity index (χ2n) is 6.54. The van der Waals surface area contributed by atoms with Crippen LogP contribution in [0.15, 0.2) is 24.3 Å². The monoisotopic (exact) mass is 290 g/mol. The van der Waals surface area contributed by atoms with E-state index in [-0.39, 0.29) is 12.0 Å². The molecule has 1 unspecified atom stereocenters. The Kier molecular flexibility index (Phi) is 4.57. The summed E-state index contributed by atoms with van der Waals surface area (Å²) in [5.41, 5.74) is 1.39. The molecule has 0 radical (unpaired) electrons. The van der Waals surface area contributed by atoms with Crippen molar-refractivity contribution < 1.29 is 9.90 Å². The number of anilines is 1. The zero-order chi connectivity index (χ0) is 15.6. The van der Waals surface area contributed by atoms with Crippen molar-refractivity contribution in [2.45, 2.75) is 45.2 Å². The molecule has 4 nitrogen and oxygen atoms in total. The zero-order valence-electron chi connectivity index (χ0n) is 13.4. The van der Waals surface area contributed by atoms with Gasteiger partial charge in [-0.2, -0.15) is 0 Å². The van der Waals surface area contributed by atoms with Gasteiger partial charge in [-0.1, -0.05) is 12.1 Å². The van der Waals surface area contributed by atoms with Crippen LogP contribution < -0.4 is 10.2 Å². The van der Waals surface area contributed by atoms with Gasteiger partial charge in [0.2, 0.25) is 0 Å². The predicted octanol–water partition coefficient (Wildman–Crippen LogP) is 2.66. The largest absolute Gasteiger partial charge is 0.480 e. The molecule has 0 spiro atoms. The maximum absolute atomic E-state index is 12.0. The van der Waals surface area contributed by atoms with Gasteiger partial charge in [-0.15, -0.1) is 0 Å². The first kappa shape index (κ1) is 15.8. The summed E-state index contributed by atoms with van der Waals surface area (Å²) in [4.78, 5) is 14.0. The number of carboxylic acids is 1. The van der Waals surface area contributed by atoms with Crippen molar-refractivity contribution in [2.24, 2.45) is 5.92 Å². The Morgan fingerprint density at radius 3 is 2.62 bits per heavy atom. The molecular formula is C17H26N2O2. The lowest BCUT2D eigenvalue weighted by molar-refractivity contribution is -0.145. The molecule has 0 saturated heterocycles. The number of nitrogens with zero attached hydrogens (tertiary/aromatic N) is 1. The molecule has 1 atom stereocenters. The van der Waals surface area contributed by atoms with Crippen molar-refractivity contribution in [3.8, 4) is 0 Å². The lowest BCUT2D eigenvalue weighted by Crippen LogP contribution is -2.62. The Morgan fingerprint density at radius 2 is 2.14 bits per heavy atom. The fraction of sp³-hybridized carbons (Fsp3) is 0.588. The summed E-state index contributed by atoms with van der Waals surface area (Å²) in [5.74, 6) is -0.511. The molecule has 0 amide bonds. The van der Waals surface area contributed by atoms with Gasteiger partial charge < -0.3 is 10.0 Å². The van der Waals surface area contributed by atoms with Crippen LogP contribution >= 0.6 is 0 Å². The van der Waals surface area contributed by atoms with E-state index in [2.05, 4.69) is 29.3 Å². The molecule has 0 aromatic heterocycles. The third kappa shape index (κ3) is 3.56. The highest BCUT2D eigenvalue weighted by molar-refractivity contribution is 5.81. The normalized spacial score (nSPS) is 17.6. The maximum atomic E-state index is 12.0. The van der Waals surface area contributed by atoms with Gasteiger partial charge in [-0.05, 0) is 57.2 Å². The minimum absolute atomic E-state index is 0.146. The molecule has 1 aromatic carbocycles. The summed E-state index contributed by atoms with van der Waals surface area (Å²) >= 11 is 0. The predicted molar refractivity (Wildman–Crippen MR) is 85.8 cm³/mol. The van der Waals surface area contributed by atoms with Gasteiger partial charge in [-0.25, -0.2) is 0 Å². The van der Waals surface area contributed by atoms with Crippen molar-refractivity contribution >= 4 is 11.7 Å². The van der Waals surface area contributed by atoms with Crippen LogP contribution in [0.2, 0.25) is 0 Å². The van der Waals surface area contributed by atoms with E-state index in [9.17, 15) is 9.90 Å². The molecule has 2 rings (SSSR count). The molecule has 0 bridgehead atoms. The molecule has 1 saturated carbocycles. The summed E-state index contributed by atoms with van der Waals surface area (Å²) < 4.78 is 0. The van der Waals surface area contributed by atoms with Crippen molar-refractivity contribution in [2.75, 3.05) is 18.5 Å². The second-order valence-corrected chi connectivity index (χ2v) is 6.54. The number of benzene rings is 1. The Labute approximate surface area is 127 Å². The number of carboxylic acid groups (broad SMARTS) is 1. The molecule has 1 fully saturated rings. The van der Waals surface area contributed by atoms with Gasteiger partial charge in [0.05, 0.1) is 0 Å². The van der Waals surface area contributed by atoms with Crippen LogP contribution in [0.3, 0.4) is 0 Å². The van der Waals surface area contributed by atoms with Crippen LogP contribution in [-0.4, -0.2) is 36.2 Å². The van der Waals surface area contributed by atoms with Crippen molar-refractivity contribution in [3.63, 3.8) is 0 Å². The van der Waals surface area contributed by atoms with Crippen molar-refractivity contribution in [1.29, 1.82) is 0 Å². The molecule has 1 aliphatic rings. The zero-order valence-corrected chi connectivity index (χ0v) is 13.4. The van der Waals surface area contributed by atoms with Gasteiger partial charge in [-0.3, -0.25) is 10.1 Å². The highest BCUT2D eigenvalue weighted by atomic mass is 16.4. The topological polar surface area (TPSA) is 52.6 Å². The van der Waals surface area contributed by atoms with E-state index in [1.807, 2.05) is 33.0 Å². The minimum Gasteiger partial charge on any atom is -0.480 e. The van der Waals surface area contributed by atoms with Crippen LogP contribution in [-0.2, 0) is 4.79 Å². The van der Waals surface area contributed by atoms with Crippen molar-refractivity contribution in [1.82, 2.24) is 5.32 Å². The maximum Gasteiger partial charge on any atom is 0.326 e. The number of likely N-dealkylation sites (N-methyl/N-ethyl adjacent to an activating group) is 1. The molecule has 0 aliphatic heterocycles. The number of carbonyl (C=O) groups is 1. The van der Waals surface area contributed by atoms with E-state index in [1.165, 1.54) is 5.56 Å². The first-order valence-corrected chi connectivity index (χ1v) is 7.64. The van der Waals surface area contributed by atoms with Gasteiger partial charge >= 0.3 is 5.97 Å². The van der Waals surface area contributed by atoms with E-state index in [4.69, 9.17) is 0 Å². The Morgan fingerprint density at radius 1 is 1.48 bits per heavy atom. The molecule has 116 valence electrons. The smallest absolute Gasteiger partial charge is 0.326 e. The molecule has 1 aliphatic carbocycles. The first-order valence-electron chi connectivity index (χ1n) is 7.64. The summed E-state index contributed by atoms with van der Waals surface area (Å²) in [7, 11) is 1.97. The third-order valence-electron chi connectivity index (χ3n) is 4.13. The fourth-order valence-corrected chi connectivity index (χ4v) is 3.02. The molecule has 1 aromatic rings. The average Bonchev–Trinajstić information content (AvgIpc) is 3.21. The fourth-order valence-electron chi connectivity index (χ4n) is 3.02. The number of aliphatic carboxylic acids is 1. The highest BCUT2D eigenvalue weighted by Crippen LogP contribution is 2.41.